The maximum absolute atomic E-state index is 12.6. The molecule has 0 radical (unpaired) electrons. The molecular formula is C19H12Cl2N4O3. The molecule has 1 N–H and O–H groups in total. The molecule has 1 atom stereocenters. The molecule has 0 spiro atoms. The molecule has 3 rings (SSSR count). The van der Waals surface area contributed by atoms with E-state index in [9.17, 15) is 14.9 Å². The molecule has 0 aliphatic carbocycles. The van der Waals surface area contributed by atoms with Crippen molar-refractivity contribution in [3.05, 3.63) is 63.9 Å². The highest BCUT2D eigenvalue weighted by Crippen LogP contribution is 2.26. The highest BCUT2D eigenvalue weighted by Gasteiger charge is 2.28. The molecule has 0 aliphatic rings. The first kappa shape index (κ1) is 19.5. The van der Waals surface area contributed by atoms with Gasteiger partial charge < -0.3 is 9.84 Å². The first-order chi connectivity index (χ1) is 13.4. The number of nitrogens with one attached hydrogen (secondary N) is 1. The Kier molecular flexibility index (Phi) is 5.73. The number of nitrogens with zero attached hydrogens (tertiary/aromatic N) is 3. The van der Waals surface area contributed by atoms with Gasteiger partial charge in [-0.25, -0.2) is 0 Å². The summed E-state index contributed by atoms with van der Waals surface area (Å²) in [6.45, 7) is 1.69. The average Bonchev–Trinajstić information content (AvgIpc) is 3.11. The second-order valence-electron chi connectivity index (χ2n) is 5.76. The largest absolute Gasteiger partial charge is 0.334 e. The Morgan fingerprint density at radius 1 is 1.18 bits per heavy atom. The molecule has 1 heterocycles. The van der Waals surface area contributed by atoms with Crippen LogP contribution in [0.5, 0.6) is 0 Å². The monoisotopic (exact) mass is 414 g/mol. The lowest BCUT2D eigenvalue weighted by molar-refractivity contribution is -0.117. The minimum absolute atomic E-state index is 0.198. The number of carbonyl (C=O) groups excluding carboxylic acids is 2. The van der Waals surface area contributed by atoms with Crippen LogP contribution >= 0.6 is 23.2 Å². The molecule has 0 bridgehead atoms. The maximum atomic E-state index is 12.6. The summed E-state index contributed by atoms with van der Waals surface area (Å²) in [5.41, 5.74) is 1.07. The lowest BCUT2D eigenvalue weighted by atomic mass is 9.97. The van der Waals surface area contributed by atoms with Crippen LogP contribution in [0, 0.1) is 24.2 Å². The van der Waals surface area contributed by atoms with Crippen molar-refractivity contribution in [1.29, 1.82) is 5.26 Å². The van der Waals surface area contributed by atoms with Crippen LogP contribution in [-0.4, -0.2) is 21.8 Å². The van der Waals surface area contributed by atoms with E-state index in [-0.39, 0.29) is 16.3 Å². The van der Waals surface area contributed by atoms with E-state index in [0.29, 0.717) is 22.3 Å². The third kappa shape index (κ3) is 4.19. The Bertz CT molecular complexity index is 1090. The van der Waals surface area contributed by atoms with Gasteiger partial charge >= 0.3 is 0 Å². The lowest BCUT2D eigenvalue weighted by Crippen LogP contribution is -2.28. The molecule has 7 nitrogen and oxygen atoms in total. The van der Waals surface area contributed by atoms with Crippen LogP contribution < -0.4 is 5.32 Å². The van der Waals surface area contributed by atoms with Gasteiger partial charge in [0.05, 0.1) is 16.8 Å². The molecule has 140 valence electrons. The van der Waals surface area contributed by atoms with Crippen molar-refractivity contribution in [2.24, 2.45) is 5.92 Å². The van der Waals surface area contributed by atoms with Crippen LogP contribution in [0.2, 0.25) is 10.0 Å². The number of Topliss-reactive ketones (excluding diaryl/α,β-unsaturated/α-hetero) is 1. The number of benzene rings is 2. The van der Waals surface area contributed by atoms with Gasteiger partial charge in [-0.1, -0.05) is 40.5 Å². The lowest BCUT2D eigenvalue weighted by Gasteiger charge is -2.11. The van der Waals surface area contributed by atoms with Gasteiger partial charge in [-0.15, -0.1) is 0 Å². The molecule has 2 aromatic carbocycles. The predicted molar refractivity (Wildman–Crippen MR) is 103 cm³/mol. The molecule has 1 aromatic heterocycles. The van der Waals surface area contributed by atoms with Gasteiger partial charge in [0.1, 0.15) is 0 Å². The van der Waals surface area contributed by atoms with Crippen molar-refractivity contribution in [3.8, 4) is 17.5 Å². The highest BCUT2D eigenvalue weighted by atomic mass is 35.5. The Morgan fingerprint density at radius 2 is 1.89 bits per heavy atom. The van der Waals surface area contributed by atoms with Crippen molar-refractivity contribution < 1.29 is 14.1 Å². The zero-order valence-electron chi connectivity index (χ0n) is 14.4. The summed E-state index contributed by atoms with van der Waals surface area (Å²) in [6, 6.07) is 12.4. The number of hydrogen-bond donors (Lipinski definition) is 1. The van der Waals surface area contributed by atoms with E-state index < -0.39 is 17.6 Å². The van der Waals surface area contributed by atoms with Crippen LogP contribution in [0.3, 0.4) is 0 Å². The van der Waals surface area contributed by atoms with Gasteiger partial charge in [0.2, 0.25) is 5.91 Å². The maximum Gasteiger partial charge on any atom is 0.257 e. The number of halogens is 2. The van der Waals surface area contributed by atoms with Gasteiger partial charge in [0, 0.05) is 16.1 Å². The van der Waals surface area contributed by atoms with E-state index in [1.165, 1.54) is 30.3 Å². The Balaban J connectivity index is 1.77. The number of aryl methyl sites for hydroxylation is 1. The van der Waals surface area contributed by atoms with E-state index in [0.717, 1.165) is 0 Å². The minimum atomic E-state index is -1.54. The smallest absolute Gasteiger partial charge is 0.257 e. The molecule has 0 saturated heterocycles. The van der Waals surface area contributed by atoms with Gasteiger partial charge in [-0.05, 0) is 37.3 Å². The fraction of sp³-hybridized carbons (Fsp3) is 0.105. The molecule has 0 aliphatic heterocycles. The van der Waals surface area contributed by atoms with Crippen molar-refractivity contribution in [3.63, 3.8) is 0 Å². The second kappa shape index (κ2) is 8.21. The van der Waals surface area contributed by atoms with Crippen molar-refractivity contribution in [1.82, 2.24) is 10.1 Å². The van der Waals surface area contributed by atoms with E-state index in [4.69, 9.17) is 27.7 Å². The Morgan fingerprint density at radius 3 is 2.46 bits per heavy atom. The summed E-state index contributed by atoms with van der Waals surface area (Å²) in [4.78, 5) is 29.1. The zero-order chi connectivity index (χ0) is 20.3. The van der Waals surface area contributed by atoms with Crippen LogP contribution in [0.1, 0.15) is 16.2 Å². The normalized spacial score (nSPS) is 11.5. The number of hydrogen-bond acceptors (Lipinski definition) is 6. The minimum Gasteiger partial charge on any atom is -0.334 e. The standard InChI is InChI=1S/C19H12Cl2N4O3/c1-10-23-19(28-25-10)12-4-2-11(3-5-12)17(26)14(9-22)18(27)24-16-7-6-13(20)8-15(16)21/h2-8,14H,1H3,(H,24,27). The first-order valence-electron chi connectivity index (χ1n) is 7.99. The number of aromatic nitrogens is 2. The SMILES string of the molecule is Cc1noc(-c2ccc(C(=O)C(C#N)C(=O)Nc3ccc(Cl)cc3Cl)cc2)n1. The number of amides is 1. The highest BCUT2D eigenvalue weighted by molar-refractivity contribution is 6.36. The molecule has 1 unspecified atom stereocenters. The van der Waals surface area contributed by atoms with Gasteiger partial charge in [-0.3, -0.25) is 9.59 Å². The molecule has 0 fully saturated rings. The quantitative estimate of drug-likeness (QED) is 0.491. The molecule has 9 heteroatoms. The first-order valence-corrected chi connectivity index (χ1v) is 8.75. The zero-order valence-corrected chi connectivity index (χ0v) is 16.0. The predicted octanol–water partition coefficient (Wildman–Crippen LogP) is 4.31. The van der Waals surface area contributed by atoms with Crippen LogP contribution in [0.15, 0.2) is 47.0 Å². The fourth-order valence-electron chi connectivity index (χ4n) is 2.39. The summed E-state index contributed by atoms with van der Waals surface area (Å²) < 4.78 is 5.06. The fourth-order valence-corrected chi connectivity index (χ4v) is 2.85. The number of ketones is 1. The summed E-state index contributed by atoms with van der Waals surface area (Å²) >= 11 is 11.8. The molecule has 1 amide bonds. The third-order valence-electron chi connectivity index (χ3n) is 3.79. The van der Waals surface area contributed by atoms with Gasteiger partial charge in [-0.2, -0.15) is 10.2 Å². The van der Waals surface area contributed by atoms with Crippen molar-refractivity contribution in [2.75, 3.05) is 5.32 Å². The Labute approximate surface area is 169 Å². The number of anilines is 1. The average molecular weight is 415 g/mol. The van der Waals surface area contributed by atoms with Crippen LogP contribution in [0.25, 0.3) is 11.5 Å². The van der Waals surface area contributed by atoms with Gasteiger partial charge in [0.15, 0.2) is 17.5 Å². The molecule has 28 heavy (non-hydrogen) atoms. The van der Waals surface area contributed by atoms with Gasteiger partial charge in [0.25, 0.3) is 5.89 Å². The molecule has 0 saturated carbocycles. The summed E-state index contributed by atoms with van der Waals surface area (Å²) in [6.07, 6.45) is 0. The van der Waals surface area contributed by atoms with E-state index in [1.54, 1.807) is 25.1 Å². The Hall–Kier alpha value is -3.21. The van der Waals surface area contributed by atoms with Crippen LogP contribution in [-0.2, 0) is 4.79 Å². The topological polar surface area (TPSA) is 109 Å². The second-order valence-corrected chi connectivity index (χ2v) is 6.61. The number of rotatable bonds is 5. The van der Waals surface area contributed by atoms with Crippen LogP contribution in [0.4, 0.5) is 5.69 Å². The van der Waals surface area contributed by atoms with Crippen molar-refractivity contribution in [2.45, 2.75) is 6.92 Å². The summed E-state index contributed by atoms with van der Waals surface area (Å²) in [5, 5.41) is 16.1. The summed E-state index contributed by atoms with van der Waals surface area (Å²) in [5.74, 6) is -2.17. The number of nitriles is 1. The summed E-state index contributed by atoms with van der Waals surface area (Å²) in [7, 11) is 0. The van der Waals surface area contributed by atoms with Crippen molar-refractivity contribution >= 4 is 40.6 Å². The molecular weight excluding hydrogens is 403 g/mol. The molecule has 3 aromatic rings. The van der Waals surface area contributed by atoms with E-state index in [1.807, 2.05) is 0 Å². The van der Waals surface area contributed by atoms with E-state index in [2.05, 4.69) is 15.5 Å². The number of carbonyl (C=O) groups is 2. The third-order valence-corrected chi connectivity index (χ3v) is 4.33. The van der Waals surface area contributed by atoms with E-state index >= 15 is 0 Å².